The van der Waals surface area contributed by atoms with Crippen LogP contribution in [0.5, 0.6) is 0 Å². The summed E-state index contributed by atoms with van der Waals surface area (Å²) in [6.07, 6.45) is 13.4. The minimum atomic E-state index is 0.890. The number of rotatable bonds is 8. The number of hydrogen-bond donors (Lipinski definition) is 0. The summed E-state index contributed by atoms with van der Waals surface area (Å²) < 4.78 is 0. The Bertz CT molecular complexity index is 352. The smallest absolute Gasteiger partial charge is 0.0991 e. The van der Waals surface area contributed by atoms with Gasteiger partial charge < -0.3 is 0 Å². The fourth-order valence-corrected chi connectivity index (χ4v) is 2.20. The summed E-state index contributed by atoms with van der Waals surface area (Å²) in [4.78, 5) is 0. The van der Waals surface area contributed by atoms with E-state index in [1.807, 2.05) is 6.08 Å². The van der Waals surface area contributed by atoms with Crippen LogP contribution in [-0.4, -0.2) is 0 Å². The Kier molecular flexibility index (Phi) is 6.40. The van der Waals surface area contributed by atoms with Crippen molar-refractivity contribution >= 4 is 0 Å². The Labute approximate surface area is 106 Å². The summed E-state index contributed by atoms with van der Waals surface area (Å²) in [6, 6.07) is 2.26. The molecule has 0 N–H and O–H groups in total. The van der Waals surface area contributed by atoms with Crippen LogP contribution in [0.25, 0.3) is 0 Å². The van der Waals surface area contributed by atoms with Gasteiger partial charge in [0, 0.05) is 0 Å². The summed E-state index contributed by atoms with van der Waals surface area (Å²) in [6.45, 7) is 6.36. The van der Waals surface area contributed by atoms with E-state index in [0.717, 1.165) is 31.3 Å². The number of nitrogens with zero attached hydrogens (tertiary/aromatic N) is 1. The SMILES string of the molecule is C=C(CCCCC)CCCC1=C(C#N)C=CC1. The molecule has 0 radical (unpaired) electrons. The molecule has 0 amide bonds. The largest absolute Gasteiger partial charge is 0.192 e. The van der Waals surface area contributed by atoms with Crippen LogP contribution in [0, 0.1) is 11.3 Å². The van der Waals surface area contributed by atoms with Crippen LogP contribution in [0.15, 0.2) is 35.5 Å². The monoisotopic (exact) mass is 229 g/mol. The van der Waals surface area contributed by atoms with Gasteiger partial charge in [0.15, 0.2) is 0 Å². The maximum absolute atomic E-state index is 8.91. The van der Waals surface area contributed by atoms with Crippen molar-refractivity contribution in [2.24, 2.45) is 0 Å². The highest BCUT2D eigenvalue weighted by Crippen LogP contribution is 2.24. The van der Waals surface area contributed by atoms with E-state index in [1.165, 1.54) is 36.8 Å². The second kappa shape index (κ2) is 7.90. The minimum absolute atomic E-state index is 0.890. The minimum Gasteiger partial charge on any atom is -0.192 e. The van der Waals surface area contributed by atoms with E-state index in [0.29, 0.717) is 0 Å². The lowest BCUT2D eigenvalue weighted by atomic mass is 9.99. The third-order valence-electron chi connectivity index (χ3n) is 3.29. The third kappa shape index (κ3) is 5.04. The molecule has 0 spiro atoms. The average Bonchev–Trinajstić information content (AvgIpc) is 2.77. The van der Waals surface area contributed by atoms with Crippen molar-refractivity contribution in [3.05, 3.63) is 35.5 Å². The zero-order chi connectivity index (χ0) is 12.5. The van der Waals surface area contributed by atoms with Gasteiger partial charge in [0.25, 0.3) is 0 Å². The first-order valence-corrected chi connectivity index (χ1v) is 6.73. The lowest BCUT2D eigenvalue weighted by Gasteiger charge is -2.06. The first kappa shape index (κ1) is 13.8. The second-order valence-electron chi connectivity index (χ2n) is 4.80. The molecule has 0 bridgehead atoms. The van der Waals surface area contributed by atoms with Crippen LogP contribution in [-0.2, 0) is 0 Å². The van der Waals surface area contributed by atoms with Crippen molar-refractivity contribution in [1.29, 1.82) is 5.26 Å². The van der Waals surface area contributed by atoms with Crippen molar-refractivity contribution < 1.29 is 0 Å². The van der Waals surface area contributed by atoms with Gasteiger partial charge in [-0.2, -0.15) is 5.26 Å². The molecule has 0 fully saturated rings. The molecule has 0 aromatic rings. The fourth-order valence-electron chi connectivity index (χ4n) is 2.20. The number of unbranched alkanes of at least 4 members (excludes halogenated alkanes) is 2. The zero-order valence-electron chi connectivity index (χ0n) is 11.0. The Morgan fingerprint density at radius 2 is 2.12 bits per heavy atom. The fraction of sp³-hybridized carbons (Fsp3) is 0.562. The molecule has 0 aromatic carbocycles. The standard InChI is InChI=1S/C16H23N/c1-3-4-5-8-14(2)9-6-10-15-11-7-12-16(15)13-17/h7,12H,2-6,8-11H2,1H3. The lowest BCUT2D eigenvalue weighted by Crippen LogP contribution is -1.87. The van der Waals surface area contributed by atoms with Crippen molar-refractivity contribution in [2.45, 2.75) is 58.3 Å². The summed E-state index contributed by atoms with van der Waals surface area (Å²) >= 11 is 0. The van der Waals surface area contributed by atoms with Gasteiger partial charge in [-0.15, -0.1) is 0 Å². The molecule has 1 rings (SSSR count). The Morgan fingerprint density at radius 1 is 1.35 bits per heavy atom. The Hall–Kier alpha value is -1.29. The van der Waals surface area contributed by atoms with E-state index < -0.39 is 0 Å². The molecule has 1 aliphatic rings. The maximum Gasteiger partial charge on any atom is 0.0991 e. The van der Waals surface area contributed by atoms with E-state index in [4.69, 9.17) is 5.26 Å². The summed E-state index contributed by atoms with van der Waals surface area (Å²) in [7, 11) is 0. The van der Waals surface area contributed by atoms with Crippen LogP contribution >= 0.6 is 0 Å². The highest BCUT2D eigenvalue weighted by Gasteiger charge is 2.08. The molecule has 92 valence electrons. The molecule has 1 nitrogen and oxygen atoms in total. The predicted molar refractivity (Wildman–Crippen MR) is 73.5 cm³/mol. The molecular weight excluding hydrogens is 206 g/mol. The van der Waals surface area contributed by atoms with E-state index in [-0.39, 0.29) is 0 Å². The molecule has 0 unspecified atom stereocenters. The molecular formula is C16H23N. The third-order valence-corrected chi connectivity index (χ3v) is 3.29. The highest BCUT2D eigenvalue weighted by atomic mass is 14.3. The van der Waals surface area contributed by atoms with Crippen molar-refractivity contribution in [1.82, 2.24) is 0 Å². The van der Waals surface area contributed by atoms with Gasteiger partial charge >= 0.3 is 0 Å². The van der Waals surface area contributed by atoms with E-state index >= 15 is 0 Å². The molecule has 1 aliphatic carbocycles. The van der Waals surface area contributed by atoms with Crippen LogP contribution in [0.4, 0.5) is 0 Å². The topological polar surface area (TPSA) is 23.8 Å². The number of hydrogen-bond acceptors (Lipinski definition) is 1. The van der Waals surface area contributed by atoms with E-state index in [9.17, 15) is 0 Å². The zero-order valence-corrected chi connectivity index (χ0v) is 11.0. The van der Waals surface area contributed by atoms with Gasteiger partial charge in [-0.1, -0.05) is 38.0 Å². The first-order chi connectivity index (χ1) is 8.27. The van der Waals surface area contributed by atoms with Gasteiger partial charge in [-0.3, -0.25) is 0 Å². The number of nitriles is 1. The molecule has 0 saturated carbocycles. The maximum atomic E-state index is 8.91. The van der Waals surface area contributed by atoms with Gasteiger partial charge in [-0.05, 0) is 50.2 Å². The second-order valence-corrected chi connectivity index (χ2v) is 4.80. The normalized spacial score (nSPS) is 14.1. The summed E-state index contributed by atoms with van der Waals surface area (Å²) in [5.74, 6) is 0. The van der Waals surface area contributed by atoms with Crippen LogP contribution in [0.1, 0.15) is 58.3 Å². The van der Waals surface area contributed by atoms with Gasteiger partial charge in [0.1, 0.15) is 0 Å². The van der Waals surface area contributed by atoms with Crippen molar-refractivity contribution in [3.63, 3.8) is 0 Å². The highest BCUT2D eigenvalue weighted by molar-refractivity contribution is 5.43. The number of allylic oxidation sites excluding steroid dienone is 5. The molecule has 17 heavy (non-hydrogen) atoms. The van der Waals surface area contributed by atoms with Gasteiger partial charge in [-0.25, -0.2) is 0 Å². The molecule has 1 heteroatoms. The average molecular weight is 229 g/mol. The van der Waals surface area contributed by atoms with Crippen LogP contribution in [0.2, 0.25) is 0 Å². The van der Waals surface area contributed by atoms with Gasteiger partial charge in [0.2, 0.25) is 0 Å². The Balaban J connectivity index is 2.16. The Morgan fingerprint density at radius 3 is 2.82 bits per heavy atom. The molecule has 0 saturated heterocycles. The van der Waals surface area contributed by atoms with Gasteiger partial charge in [0.05, 0.1) is 11.6 Å². The van der Waals surface area contributed by atoms with E-state index in [1.54, 1.807) is 0 Å². The van der Waals surface area contributed by atoms with Crippen LogP contribution in [0.3, 0.4) is 0 Å². The van der Waals surface area contributed by atoms with Crippen molar-refractivity contribution in [3.8, 4) is 6.07 Å². The molecule has 0 atom stereocenters. The summed E-state index contributed by atoms with van der Waals surface area (Å²) in [5, 5.41) is 8.91. The quantitative estimate of drug-likeness (QED) is 0.421. The summed E-state index contributed by atoms with van der Waals surface area (Å²) in [5.41, 5.74) is 3.58. The first-order valence-electron chi connectivity index (χ1n) is 6.73. The molecule has 0 aromatic heterocycles. The molecule has 0 aliphatic heterocycles. The van der Waals surface area contributed by atoms with E-state index in [2.05, 4.69) is 25.6 Å². The van der Waals surface area contributed by atoms with Crippen molar-refractivity contribution in [2.75, 3.05) is 0 Å². The molecule has 0 heterocycles. The predicted octanol–water partition coefficient (Wildman–Crippen LogP) is 5.07. The lowest BCUT2D eigenvalue weighted by molar-refractivity contribution is 0.681. The van der Waals surface area contributed by atoms with Crippen LogP contribution < -0.4 is 0 Å².